The van der Waals surface area contributed by atoms with Gasteiger partial charge in [0.15, 0.2) is 18.3 Å². The number of ether oxygens (including phenoxy) is 6. The quantitative estimate of drug-likeness (QED) is 0.231. The van der Waals surface area contributed by atoms with E-state index in [0.717, 1.165) is 39.6 Å². The maximum Gasteiger partial charge on any atom is 0.408 e. The van der Waals surface area contributed by atoms with Crippen LogP contribution in [0.5, 0.6) is 0 Å². The van der Waals surface area contributed by atoms with Crippen molar-refractivity contribution in [2.75, 3.05) is 19.5 Å². The zero-order valence-electron chi connectivity index (χ0n) is 22.7. The van der Waals surface area contributed by atoms with Crippen molar-refractivity contribution in [2.45, 2.75) is 83.7 Å². The molecule has 1 rings (SSSR count). The van der Waals surface area contributed by atoms with E-state index in [-0.39, 0.29) is 17.9 Å². The highest BCUT2D eigenvalue weighted by Crippen LogP contribution is 2.35. The summed E-state index contributed by atoms with van der Waals surface area (Å²) in [5.74, 6) is -3.65. The van der Waals surface area contributed by atoms with E-state index < -0.39 is 71.1 Å². The summed E-state index contributed by atoms with van der Waals surface area (Å²) in [5.41, 5.74) is -0.559. The molecule has 1 N–H and O–H groups in total. The SMILES string of the molecule is COC(=O)[C@H](CS[C@H]1C=C(COC(C)=O)[C@H](OC(C)=O)[C@H](OC(C)=O)[C@H]1OC(C)=O)NC(=O)OC(C)(C)C. The van der Waals surface area contributed by atoms with Crippen molar-refractivity contribution in [3.8, 4) is 0 Å². The van der Waals surface area contributed by atoms with Crippen LogP contribution in [0.25, 0.3) is 0 Å². The second-order valence-corrected chi connectivity index (χ2v) is 10.4. The van der Waals surface area contributed by atoms with Gasteiger partial charge >= 0.3 is 35.9 Å². The summed E-state index contributed by atoms with van der Waals surface area (Å²) in [6.45, 7) is 9.25. The van der Waals surface area contributed by atoms with Gasteiger partial charge in [0.25, 0.3) is 0 Å². The normalized spacial score (nSPS) is 21.6. The number of amides is 1. The first-order chi connectivity index (χ1) is 17.5. The zero-order chi connectivity index (χ0) is 29.2. The molecular weight excluding hydrogens is 526 g/mol. The number of esters is 5. The molecule has 0 aliphatic heterocycles. The Labute approximate surface area is 225 Å². The first kappa shape index (κ1) is 32.7. The largest absolute Gasteiger partial charge is 0.467 e. The van der Waals surface area contributed by atoms with Gasteiger partial charge in [-0.1, -0.05) is 6.08 Å². The Hall–Kier alpha value is -3.29. The van der Waals surface area contributed by atoms with Crippen molar-refractivity contribution in [3.63, 3.8) is 0 Å². The zero-order valence-corrected chi connectivity index (χ0v) is 23.5. The van der Waals surface area contributed by atoms with E-state index in [2.05, 4.69) is 5.32 Å². The molecule has 5 atom stereocenters. The Morgan fingerprint density at radius 1 is 0.895 bits per heavy atom. The lowest BCUT2D eigenvalue weighted by atomic mass is 9.90. The molecule has 0 aromatic rings. The second-order valence-electron chi connectivity index (χ2n) is 9.22. The number of nitrogens with one attached hydrogen (secondary N) is 1. The summed E-state index contributed by atoms with van der Waals surface area (Å²) in [5, 5.41) is 1.64. The van der Waals surface area contributed by atoms with Crippen LogP contribution in [0.3, 0.4) is 0 Å². The topological polar surface area (TPSA) is 170 Å². The van der Waals surface area contributed by atoms with E-state index in [4.69, 9.17) is 28.4 Å². The fourth-order valence-corrected chi connectivity index (χ4v) is 4.67. The van der Waals surface area contributed by atoms with Crippen LogP contribution < -0.4 is 5.32 Å². The van der Waals surface area contributed by atoms with Crippen LogP contribution in [0.15, 0.2) is 11.6 Å². The molecule has 0 spiro atoms. The van der Waals surface area contributed by atoms with Gasteiger partial charge in [-0.15, -0.1) is 11.8 Å². The maximum absolute atomic E-state index is 12.4. The van der Waals surface area contributed by atoms with Gasteiger partial charge in [0.2, 0.25) is 0 Å². The average Bonchev–Trinajstić information content (AvgIpc) is 2.75. The molecule has 0 fully saturated rings. The summed E-state index contributed by atoms with van der Waals surface area (Å²) in [7, 11) is 1.15. The third-order valence-corrected chi connectivity index (χ3v) is 5.98. The van der Waals surface area contributed by atoms with Crippen LogP contribution in [0.4, 0.5) is 4.79 Å². The Morgan fingerprint density at radius 2 is 1.45 bits per heavy atom. The van der Waals surface area contributed by atoms with E-state index >= 15 is 0 Å². The van der Waals surface area contributed by atoms with Crippen LogP contribution in [0.1, 0.15) is 48.5 Å². The number of carbonyl (C=O) groups is 6. The Kier molecular flexibility index (Phi) is 12.6. The minimum Gasteiger partial charge on any atom is -0.467 e. The second kappa shape index (κ2) is 14.6. The molecule has 1 amide bonds. The van der Waals surface area contributed by atoms with Crippen LogP contribution in [0.2, 0.25) is 0 Å². The fraction of sp³-hybridized carbons (Fsp3) is 0.667. The lowest BCUT2D eigenvalue weighted by Gasteiger charge is -2.40. The molecule has 0 aromatic carbocycles. The van der Waals surface area contributed by atoms with Crippen molar-refractivity contribution in [1.29, 1.82) is 0 Å². The summed E-state index contributed by atoms with van der Waals surface area (Å²) in [6.07, 6.45) is -3.02. The predicted molar refractivity (Wildman–Crippen MR) is 133 cm³/mol. The minimum absolute atomic E-state index is 0.0866. The summed E-state index contributed by atoms with van der Waals surface area (Å²) in [4.78, 5) is 71.9. The van der Waals surface area contributed by atoms with Gasteiger partial charge in [0, 0.05) is 39.0 Å². The highest BCUT2D eigenvalue weighted by molar-refractivity contribution is 8.00. The monoisotopic (exact) mass is 561 g/mol. The number of hydrogen-bond donors (Lipinski definition) is 1. The molecule has 1 aliphatic carbocycles. The minimum atomic E-state index is -1.30. The van der Waals surface area contributed by atoms with Gasteiger partial charge in [-0.05, 0) is 20.8 Å². The van der Waals surface area contributed by atoms with Crippen LogP contribution in [0, 0.1) is 0 Å². The van der Waals surface area contributed by atoms with Gasteiger partial charge in [0.1, 0.15) is 18.2 Å². The highest BCUT2D eigenvalue weighted by atomic mass is 32.2. The number of alkyl carbamates (subject to hydrolysis) is 1. The molecule has 38 heavy (non-hydrogen) atoms. The molecule has 0 saturated carbocycles. The third-order valence-electron chi connectivity index (χ3n) is 4.66. The lowest BCUT2D eigenvalue weighted by Crippen LogP contribution is -2.54. The van der Waals surface area contributed by atoms with Gasteiger partial charge < -0.3 is 33.7 Å². The van der Waals surface area contributed by atoms with Crippen molar-refractivity contribution >= 4 is 47.7 Å². The van der Waals surface area contributed by atoms with Crippen LogP contribution in [-0.4, -0.2) is 90.6 Å². The van der Waals surface area contributed by atoms with E-state index in [9.17, 15) is 28.8 Å². The van der Waals surface area contributed by atoms with E-state index in [1.807, 2.05) is 0 Å². The van der Waals surface area contributed by atoms with Crippen molar-refractivity contribution in [2.24, 2.45) is 0 Å². The first-order valence-electron chi connectivity index (χ1n) is 11.6. The van der Waals surface area contributed by atoms with E-state index in [1.165, 1.54) is 13.0 Å². The fourth-order valence-electron chi connectivity index (χ4n) is 3.36. The number of hydrogen-bond acceptors (Lipinski definition) is 13. The number of methoxy groups -OCH3 is 1. The average molecular weight is 562 g/mol. The van der Waals surface area contributed by atoms with Crippen LogP contribution >= 0.6 is 11.8 Å². The van der Waals surface area contributed by atoms with E-state index in [0.29, 0.717) is 0 Å². The molecular formula is C24H35NO12S. The maximum atomic E-state index is 12.4. The van der Waals surface area contributed by atoms with E-state index in [1.54, 1.807) is 20.8 Å². The molecule has 14 heteroatoms. The Bertz CT molecular complexity index is 941. The number of carbonyl (C=O) groups excluding carboxylic acids is 6. The lowest BCUT2D eigenvalue weighted by molar-refractivity contribution is -0.181. The molecule has 0 radical (unpaired) electrons. The molecule has 0 unspecified atom stereocenters. The summed E-state index contributed by atoms with van der Waals surface area (Å²) in [6, 6.07) is -1.17. The smallest absolute Gasteiger partial charge is 0.408 e. The van der Waals surface area contributed by atoms with Gasteiger partial charge in [-0.3, -0.25) is 19.2 Å². The molecule has 13 nitrogen and oxygen atoms in total. The van der Waals surface area contributed by atoms with Crippen molar-refractivity contribution in [3.05, 3.63) is 11.6 Å². The molecule has 1 aliphatic rings. The standard InChI is InChI=1S/C24H35NO12S/c1-12(26)33-10-16-9-18(38-11-17(22(30)32-8)25-23(31)37-24(5,6)7)20(35-14(3)28)21(36-15(4)29)19(16)34-13(2)27/h9,17-21H,10-11H2,1-8H3,(H,25,31)/t17-,18-,19-,20-,21-/m0/s1. The molecule has 0 aromatic heterocycles. The van der Waals surface area contributed by atoms with Crippen molar-refractivity contribution in [1.82, 2.24) is 5.32 Å². The molecule has 0 saturated heterocycles. The van der Waals surface area contributed by atoms with Gasteiger partial charge in [-0.25, -0.2) is 9.59 Å². The summed E-state index contributed by atoms with van der Waals surface area (Å²) < 4.78 is 31.3. The van der Waals surface area contributed by atoms with Crippen LogP contribution in [-0.2, 0) is 52.4 Å². The molecule has 0 bridgehead atoms. The predicted octanol–water partition coefficient (Wildman–Crippen LogP) is 1.45. The molecule has 214 valence electrons. The van der Waals surface area contributed by atoms with Crippen molar-refractivity contribution < 1.29 is 57.2 Å². The number of rotatable bonds is 10. The highest BCUT2D eigenvalue weighted by Gasteiger charge is 2.47. The summed E-state index contributed by atoms with van der Waals surface area (Å²) >= 11 is 1.05. The van der Waals surface area contributed by atoms with Gasteiger partial charge in [0.05, 0.1) is 12.4 Å². The Morgan fingerprint density at radius 3 is 1.92 bits per heavy atom. The first-order valence-corrected chi connectivity index (χ1v) is 12.6. The number of thioether (sulfide) groups is 1. The Balaban J connectivity index is 3.41. The van der Waals surface area contributed by atoms with Gasteiger partial charge in [-0.2, -0.15) is 0 Å². The third kappa shape index (κ3) is 11.4. The molecule has 0 heterocycles.